The predicted octanol–water partition coefficient (Wildman–Crippen LogP) is 5.11. The molecule has 0 radical (unpaired) electrons. The Labute approximate surface area is 192 Å². The molecular weight excluding hydrogens is 455 g/mol. The number of hydrogen-bond acceptors (Lipinski definition) is 3. The number of nitrogens with zero attached hydrogens (tertiary/aromatic N) is 3. The molecular formula is C21H28Cl2F4N4. The van der Waals surface area contributed by atoms with Crippen LogP contribution in [0.4, 0.5) is 17.6 Å². The van der Waals surface area contributed by atoms with E-state index < -0.39 is 17.6 Å². The van der Waals surface area contributed by atoms with Crippen molar-refractivity contribution >= 4 is 24.8 Å². The van der Waals surface area contributed by atoms with Gasteiger partial charge in [-0.25, -0.2) is 9.37 Å². The summed E-state index contributed by atoms with van der Waals surface area (Å²) in [6.45, 7) is 5.68. The molecule has 4 nitrogen and oxygen atoms in total. The standard InChI is InChI=1S/C21H26F4N4.2ClH/c22-18-4-3-16(13-17(18)21(23,24)25)19-14-29(12-11-28-9-1-2-10-28)20(27-19)15-5-7-26-8-6-15;;/h3-4,13-15,26H,1-2,5-12H2;2*1H. The third-order valence-electron chi connectivity index (χ3n) is 5.94. The van der Waals surface area contributed by atoms with Crippen molar-refractivity contribution in [1.29, 1.82) is 0 Å². The Hall–Kier alpha value is -1.35. The molecule has 1 aromatic heterocycles. The minimum Gasteiger partial charge on any atom is -0.333 e. The van der Waals surface area contributed by atoms with Crippen molar-refractivity contribution in [2.75, 3.05) is 32.7 Å². The number of hydrogen-bond donors (Lipinski definition) is 1. The number of benzene rings is 1. The van der Waals surface area contributed by atoms with Gasteiger partial charge in [-0.05, 0) is 70.1 Å². The highest BCUT2D eigenvalue weighted by Crippen LogP contribution is 2.35. The number of imidazole rings is 1. The van der Waals surface area contributed by atoms with E-state index in [0.29, 0.717) is 11.3 Å². The van der Waals surface area contributed by atoms with Gasteiger partial charge in [0.15, 0.2) is 0 Å². The summed E-state index contributed by atoms with van der Waals surface area (Å²) in [5, 5.41) is 3.34. The molecule has 2 aliphatic heterocycles. The number of alkyl halides is 3. The molecule has 31 heavy (non-hydrogen) atoms. The molecule has 2 fully saturated rings. The maximum absolute atomic E-state index is 13.7. The summed E-state index contributed by atoms with van der Waals surface area (Å²) in [7, 11) is 0. The van der Waals surface area contributed by atoms with Gasteiger partial charge in [0.25, 0.3) is 0 Å². The lowest BCUT2D eigenvalue weighted by atomic mass is 9.97. The largest absolute Gasteiger partial charge is 0.419 e. The molecule has 2 aromatic rings. The first kappa shape index (κ1) is 25.9. The van der Waals surface area contributed by atoms with Gasteiger partial charge in [-0.1, -0.05) is 0 Å². The second-order valence-corrected chi connectivity index (χ2v) is 7.94. The first-order valence-corrected chi connectivity index (χ1v) is 10.3. The van der Waals surface area contributed by atoms with E-state index in [2.05, 4.69) is 14.8 Å². The first-order chi connectivity index (χ1) is 13.9. The molecule has 0 saturated carbocycles. The van der Waals surface area contributed by atoms with Crippen LogP contribution in [0.5, 0.6) is 0 Å². The SMILES string of the molecule is Cl.Cl.Fc1ccc(-c2cn(CCN3CCCC3)c(C3CCNCC3)n2)cc1C(F)(F)F. The van der Waals surface area contributed by atoms with E-state index in [1.165, 1.54) is 18.9 Å². The van der Waals surface area contributed by atoms with Gasteiger partial charge in [-0.3, -0.25) is 0 Å². The van der Waals surface area contributed by atoms with Gasteiger partial charge < -0.3 is 14.8 Å². The summed E-state index contributed by atoms with van der Waals surface area (Å²) in [5.74, 6) is -0.0435. The molecule has 1 aromatic carbocycles. The highest BCUT2D eigenvalue weighted by molar-refractivity contribution is 5.85. The van der Waals surface area contributed by atoms with E-state index in [-0.39, 0.29) is 30.7 Å². The van der Waals surface area contributed by atoms with E-state index in [4.69, 9.17) is 4.98 Å². The highest BCUT2D eigenvalue weighted by Gasteiger charge is 2.34. The maximum Gasteiger partial charge on any atom is 0.419 e. The van der Waals surface area contributed by atoms with Crippen molar-refractivity contribution in [1.82, 2.24) is 19.8 Å². The Morgan fingerprint density at radius 2 is 1.71 bits per heavy atom. The van der Waals surface area contributed by atoms with Crippen molar-refractivity contribution < 1.29 is 17.6 Å². The van der Waals surface area contributed by atoms with Crippen molar-refractivity contribution in [3.8, 4) is 11.3 Å². The lowest BCUT2D eigenvalue weighted by molar-refractivity contribution is -0.139. The molecule has 0 amide bonds. The van der Waals surface area contributed by atoms with Gasteiger partial charge in [0.2, 0.25) is 0 Å². The molecule has 2 saturated heterocycles. The zero-order valence-corrected chi connectivity index (χ0v) is 18.8. The molecule has 2 aliphatic rings. The summed E-state index contributed by atoms with van der Waals surface area (Å²) in [6, 6.07) is 3.13. The van der Waals surface area contributed by atoms with Crippen molar-refractivity contribution in [3.05, 3.63) is 41.6 Å². The molecule has 3 heterocycles. The molecule has 0 spiro atoms. The molecule has 174 valence electrons. The average molecular weight is 483 g/mol. The van der Waals surface area contributed by atoms with Crippen LogP contribution >= 0.6 is 24.8 Å². The molecule has 0 atom stereocenters. The van der Waals surface area contributed by atoms with Gasteiger partial charge in [-0.2, -0.15) is 13.2 Å². The molecule has 4 rings (SSSR count). The van der Waals surface area contributed by atoms with Crippen LogP contribution in [0, 0.1) is 5.82 Å². The minimum absolute atomic E-state index is 0. The lowest BCUT2D eigenvalue weighted by Gasteiger charge is -2.24. The van der Waals surface area contributed by atoms with E-state index in [9.17, 15) is 17.6 Å². The Morgan fingerprint density at radius 1 is 1.03 bits per heavy atom. The quantitative estimate of drug-likeness (QED) is 0.600. The summed E-state index contributed by atoms with van der Waals surface area (Å²) < 4.78 is 55.2. The zero-order chi connectivity index (χ0) is 20.4. The molecule has 0 aliphatic carbocycles. The predicted molar refractivity (Wildman–Crippen MR) is 118 cm³/mol. The normalized spacial score (nSPS) is 17.9. The zero-order valence-electron chi connectivity index (χ0n) is 17.1. The van der Waals surface area contributed by atoms with Gasteiger partial charge in [0, 0.05) is 30.8 Å². The topological polar surface area (TPSA) is 33.1 Å². The van der Waals surface area contributed by atoms with E-state index in [0.717, 1.165) is 70.1 Å². The molecule has 10 heteroatoms. The van der Waals surface area contributed by atoms with Crippen LogP contribution in [0.15, 0.2) is 24.4 Å². The van der Waals surface area contributed by atoms with Crippen LogP contribution in [0.3, 0.4) is 0 Å². The number of rotatable bonds is 5. The minimum atomic E-state index is -4.73. The number of likely N-dealkylation sites (tertiary alicyclic amines) is 1. The number of halogens is 6. The van der Waals surface area contributed by atoms with Crippen LogP contribution in [0.2, 0.25) is 0 Å². The monoisotopic (exact) mass is 482 g/mol. The fourth-order valence-corrected chi connectivity index (χ4v) is 4.31. The summed E-state index contributed by atoms with van der Waals surface area (Å²) in [6.07, 6.45) is 1.45. The third-order valence-corrected chi connectivity index (χ3v) is 5.94. The Bertz CT molecular complexity index is 844. The lowest BCUT2D eigenvalue weighted by Crippen LogP contribution is -2.29. The summed E-state index contributed by atoms with van der Waals surface area (Å²) >= 11 is 0. The second-order valence-electron chi connectivity index (χ2n) is 7.94. The van der Waals surface area contributed by atoms with Crippen molar-refractivity contribution in [2.24, 2.45) is 0 Å². The van der Waals surface area contributed by atoms with Crippen LogP contribution in [0.25, 0.3) is 11.3 Å². The van der Waals surface area contributed by atoms with Crippen LogP contribution in [-0.2, 0) is 12.7 Å². The number of nitrogens with one attached hydrogen (secondary N) is 1. The molecule has 1 N–H and O–H groups in total. The fraction of sp³-hybridized carbons (Fsp3) is 0.571. The van der Waals surface area contributed by atoms with Crippen molar-refractivity contribution in [3.63, 3.8) is 0 Å². The van der Waals surface area contributed by atoms with Crippen LogP contribution in [-0.4, -0.2) is 47.2 Å². The Kier molecular flexibility index (Phi) is 9.18. The average Bonchev–Trinajstić information content (AvgIpc) is 3.36. The number of aromatic nitrogens is 2. The molecule has 0 bridgehead atoms. The first-order valence-electron chi connectivity index (χ1n) is 10.3. The smallest absolute Gasteiger partial charge is 0.333 e. The van der Waals surface area contributed by atoms with E-state index in [1.807, 2.05) is 6.20 Å². The van der Waals surface area contributed by atoms with E-state index >= 15 is 0 Å². The number of piperidine rings is 1. The van der Waals surface area contributed by atoms with Crippen LogP contribution in [0.1, 0.15) is 43.0 Å². The van der Waals surface area contributed by atoms with Gasteiger partial charge >= 0.3 is 6.18 Å². The summed E-state index contributed by atoms with van der Waals surface area (Å²) in [4.78, 5) is 7.14. The molecule has 0 unspecified atom stereocenters. The van der Waals surface area contributed by atoms with Crippen molar-refractivity contribution in [2.45, 2.75) is 44.3 Å². The fourth-order valence-electron chi connectivity index (χ4n) is 4.31. The maximum atomic E-state index is 13.7. The second kappa shape index (κ2) is 11.0. The summed E-state index contributed by atoms with van der Waals surface area (Å²) in [5.41, 5.74) is -0.468. The third kappa shape index (κ3) is 6.12. The van der Waals surface area contributed by atoms with E-state index in [1.54, 1.807) is 0 Å². The Morgan fingerprint density at radius 3 is 2.35 bits per heavy atom. The Balaban J connectivity index is 0.00000171. The van der Waals surface area contributed by atoms with Gasteiger partial charge in [0.05, 0.1) is 11.3 Å². The van der Waals surface area contributed by atoms with Gasteiger partial charge in [0.1, 0.15) is 11.6 Å². The van der Waals surface area contributed by atoms with Crippen LogP contribution < -0.4 is 5.32 Å². The van der Waals surface area contributed by atoms with Gasteiger partial charge in [-0.15, -0.1) is 24.8 Å². The highest BCUT2D eigenvalue weighted by atomic mass is 35.5.